The minimum absolute atomic E-state index is 0.988. The van der Waals surface area contributed by atoms with E-state index in [1.807, 2.05) is 18.5 Å². The van der Waals surface area contributed by atoms with Gasteiger partial charge in [-0.2, -0.15) is 0 Å². The van der Waals surface area contributed by atoms with Crippen LogP contribution in [0.25, 0.3) is 0 Å². The monoisotopic (exact) mass is 225 g/mol. The first kappa shape index (κ1) is 15.1. The molecule has 0 fully saturated rings. The van der Waals surface area contributed by atoms with Gasteiger partial charge in [-0.1, -0.05) is 52.2 Å². The van der Waals surface area contributed by atoms with E-state index in [4.69, 9.17) is 0 Å². The molecule has 1 aromatic rings. The topological polar surface area (TPSA) is 30.7 Å². The van der Waals surface area contributed by atoms with Crippen molar-refractivity contribution in [1.82, 2.24) is 15.0 Å². The van der Waals surface area contributed by atoms with Crippen LogP contribution >= 0.6 is 0 Å². The zero-order chi connectivity index (χ0) is 12.2. The van der Waals surface area contributed by atoms with Crippen molar-refractivity contribution in [3.8, 4) is 0 Å². The van der Waals surface area contributed by atoms with Gasteiger partial charge in [0.25, 0.3) is 0 Å². The molecule has 0 aliphatic carbocycles. The van der Waals surface area contributed by atoms with Crippen molar-refractivity contribution < 1.29 is 0 Å². The number of aryl methyl sites for hydroxylation is 2. The Morgan fingerprint density at radius 2 is 1.81 bits per heavy atom. The summed E-state index contributed by atoms with van der Waals surface area (Å²) < 4.78 is 1.94. The smallest absolute Gasteiger partial charge is 0.0827 e. The zero-order valence-corrected chi connectivity index (χ0v) is 11.4. The first-order chi connectivity index (χ1) is 7.86. The molecule has 0 atom stereocenters. The summed E-state index contributed by atoms with van der Waals surface area (Å²) >= 11 is 0. The Morgan fingerprint density at radius 3 is 2.44 bits per heavy atom. The molecule has 1 rings (SSSR count). The number of hydrogen-bond donors (Lipinski definition) is 0. The molecule has 3 nitrogen and oxygen atoms in total. The molecule has 0 bridgehead atoms. The molecule has 0 saturated carbocycles. The summed E-state index contributed by atoms with van der Waals surface area (Å²) in [5, 5.41) is 8.22. The van der Waals surface area contributed by atoms with Gasteiger partial charge in [0.1, 0.15) is 0 Å². The van der Waals surface area contributed by atoms with Crippen LogP contribution < -0.4 is 0 Å². The van der Waals surface area contributed by atoms with Crippen molar-refractivity contribution in [2.75, 3.05) is 0 Å². The summed E-state index contributed by atoms with van der Waals surface area (Å²) in [6.45, 7) is 9.38. The fraction of sp³-hybridized carbons (Fsp3) is 0.846. The Labute approximate surface area is 100 Å². The highest BCUT2D eigenvalue weighted by Crippen LogP contribution is 2.04. The van der Waals surface area contributed by atoms with Crippen LogP contribution in [0.2, 0.25) is 0 Å². The summed E-state index contributed by atoms with van der Waals surface area (Å²) in [5.74, 6) is 0. The summed E-state index contributed by atoms with van der Waals surface area (Å²) in [4.78, 5) is 0. The average Bonchev–Trinajstić information content (AvgIpc) is 2.76. The Bertz CT molecular complexity index is 243. The van der Waals surface area contributed by atoms with E-state index in [1.54, 1.807) is 0 Å². The standard InChI is InChI=1S/C11H21N3.C2H6/c1-3-5-6-7-8-11-10-14(9-4-2)13-12-11;1-2/h10H,3-9H2,1-2H3;1-2H3. The van der Waals surface area contributed by atoms with Gasteiger partial charge in [-0.3, -0.25) is 4.68 Å². The van der Waals surface area contributed by atoms with Crippen LogP contribution in [0.5, 0.6) is 0 Å². The van der Waals surface area contributed by atoms with E-state index in [0.717, 1.165) is 25.1 Å². The minimum Gasteiger partial charge on any atom is -0.252 e. The lowest BCUT2D eigenvalue weighted by Crippen LogP contribution is -1.96. The van der Waals surface area contributed by atoms with Crippen LogP contribution in [0, 0.1) is 0 Å². The molecule has 0 spiro atoms. The third-order valence-corrected chi connectivity index (χ3v) is 2.33. The van der Waals surface area contributed by atoms with Crippen LogP contribution in [0.4, 0.5) is 0 Å². The summed E-state index contributed by atoms with van der Waals surface area (Å²) in [6.07, 6.45) is 9.49. The molecule has 94 valence electrons. The molecule has 1 heterocycles. The lowest BCUT2D eigenvalue weighted by atomic mass is 10.1. The summed E-state index contributed by atoms with van der Waals surface area (Å²) in [5.41, 5.74) is 1.15. The minimum atomic E-state index is 0.988. The Hall–Kier alpha value is -0.860. The number of hydrogen-bond acceptors (Lipinski definition) is 2. The van der Waals surface area contributed by atoms with Crippen molar-refractivity contribution in [3.63, 3.8) is 0 Å². The second kappa shape index (κ2) is 10.7. The fourth-order valence-electron chi connectivity index (χ4n) is 1.52. The van der Waals surface area contributed by atoms with Crippen LogP contribution in [0.3, 0.4) is 0 Å². The van der Waals surface area contributed by atoms with Crippen molar-refractivity contribution >= 4 is 0 Å². The van der Waals surface area contributed by atoms with Gasteiger partial charge in [-0.25, -0.2) is 0 Å². The normalized spacial score (nSPS) is 9.75. The van der Waals surface area contributed by atoms with Gasteiger partial charge >= 0.3 is 0 Å². The maximum absolute atomic E-state index is 4.15. The molecule has 0 amide bonds. The highest BCUT2D eigenvalue weighted by molar-refractivity contribution is 4.91. The Balaban J connectivity index is 0.00000106. The maximum Gasteiger partial charge on any atom is 0.0827 e. The molecule has 0 unspecified atom stereocenters. The third-order valence-electron chi connectivity index (χ3n) is 2.33. The maximum atomic E-state index is 4.15. The highest BCUT2D eigenvalue weighted by Gasteiger charge is 1.99. The van der Waals surface area contributed by atoms with Crippen LogP contribution in [-0.2, 0) is 13.0 Å². The van der Waals surface area contributed by atoms with E-state index in [9.17, 15) is 0 Å². The average molecular weight is 225 g/mol. The largest absolute Gasteiger partial charge is 0.252 e. The van der Waals surface area contributed by atoms with Crippen molar-refractivity contribution in [3.05, 3.63) is 11.9 Å². The van der Waals surface area contributed by atoms with E-state index in [0.29, 0.717) is 0 Å². The van der Waals surface area contributed by atoms with E-state index in [-0.39, 0.29) is 0 Å². The fourth-order valence-corrected chi connectivity index (χ4v) is 1.52. The Morgan fingerprint density at radius 1 is 1.06 bits per heavy atom. The van der Waals surface area contributed by atoms with Gasteiger partial charge in [0, 0.05) is 12.7 Å². The molecule has 3 heteroatoms. The lowest BCUT2D eigenvalue weighted by molar-refractivity contribution is 0.578. The molecule has 0 aromatic carbocycles. The van der Waals surface area contributed by atoms with Gasteiger partial charge in [0.2, 0.25) is 0 Å². The number of aromatic nitrogens is 3. The molecular weight excluding hydrogens is 198 g/mol. The first-order valence-corrected chi connectivity index (χ1v) is 6.75. The number of nitrogens with zero attached hydrogens (tertiary/aromatic N) is 3. The van der Waals surface area contributed by atoms with E-state index in [1.165, 1.54) is 25.7 Å². The predicted octanol–water partition coefficient (Wildman–Crippen LogP) is 3.84. The van der Waals surface area contributed by atoms with Crippen molar-refractivity contribution in [2.24, 2.45) is 0 Å². The SMILES string of the molecule is CC.CCCCCCc1cn(CCC)nn1. The molecular formula is C13H27N3. The quantitative estimate of drug-likeness (QED) is 0.660. The highest BCUT2D eigenvalue weighted by atomic mass is 15.4. The lowest BCUT2D eigenvalue weighted by Gasteiger charge is -1.95. The molecule has 16 heavy (non-hydrogen) atoms. The Kier molecular flexibility index (Phi) is 10.1. The molecule has 1 aromatic heterocycles. The van der Waals surface area contributed by atoms with Gasteiger partial charge in [0.05, 0.1) is 5.69 Å². The zero-order valence-electron chi connectivity index (χ0n) is 11.4. The first-order valence-electron chi connectivity index (χ1n) is 6.75. The van der Waals surface area contributed by atoms with Gasteiger partial charge in [0.15, 0.2) is 0 Å². The van der Waals surface area contributed by atoms with Gasteiger partial charge in [-0.05, 0) is 19.3 Å². The second-order valence-electron chi connectivity index (χ2n) is 3.78. The van der Waals surface area contributed by atoms with Crippen molar-refractivity contribution in [1.29, 1.82) is 0 Å². The van der Waals surface area contributed by atoms with Crippen LogP contribution in [0.1, 0.15) is 65.5 Å². The molecule has 0 aliphatic rings. The third kappa shape index (κ3) is 6.59. The molecule has 0 radical (unpaired) electrons. The van der Waals surface area contributed by atoms with E-state index in [2.05, 4.69) is 30.4 Å². The summed E-state index contributed by atoms with van der Waals surface area (Å²) in [6, 6.07) is 0. The number of unbranched alkanes of at least 4 members (excludes halogenated alkanes) is 3. The van der Waals surface area contributed by atoms with E-state index >= 15 is 0 Å². The van der Waals surface area contributed by atoms with Gasteiger partial charge < -0.3 is 0 Å². The van der Waals surface area contributed by atoms with E-state index < -0.39 is 0 Å². The number of rotatable bonds is 7. The predicted molar refractivity (Wildman–Crippen MR) is 69.5 cm³/mol. The second-order valence-corrected chi connectivity index (χ2v) is 3.78. The molecule has 0 saturated heterocycles. The molecule has 0 N–H and O–H groups in total. The molecule has 0 aliphatic heterocycles. The van der Waals surface area contributed by atoms with Crippen molar-refractivity contribution in [2.45, 2.75) is 72.8 Å². The van der Waals surface area contributed by atoms with Crippen LogP contribution in [-0.4, -0.2) is 15.0 Å². The summed E-state index contributed by atoms with van der Waals surface area (Å²) in [7, 11) is 0. The van der Waals surface area contributed by atoms with Crippen LogP contribution in [0.15, 0.2) is 6.20 Å². The van der Waals surface area contributed by atoms with Gasteiger partial charge in [-0.15, -0.1) is 5.10 Å².